The van der Waals surface area contributed by atoms with Crippen molar-refractivity contribution in [1.82, 2.24) is 24.5 Å². The summed E-state index contributed by atoms with van der Waals surface area (Å²) in [6, 6.07) is 5.99. The summed E-state index contributed by atoms with van der Waals surface area (Å²) >= 11 is 5.43. The number of nitrogens with zero attached hydrogens (tertiary/aromatic N) is 4. The molecule has 1 aromatic carbocycles. The molecule has 0 bridgehead atoms. The SMILES string of the molecule is CCCOc1cccc2c1[nH]c(=S)n2CCn1ccnn1. The van der Waals surface area contributed by atoms with Crippen molar-refractivity contribution < 1.29 is 4.74 Å². The number of imidazole rings is 1. The minimum atomic E-state index is 0.692. The van der Waals surface area contributed by atoms with Gasteiger partial charge in [0, 0.05) is 12.7 Å². The summed E-state index contributed by atoms with van der Waals surface area (Å²) in [5.74, 6) is 0.847. The molecule has 0 radical (unpaired) electrons. The zero-order valence-corrected chi connectivity index (χ0v) is 12.6. The second-order valence-corrected chi connectivity index (χ2v) is 5.13. The van der Waals surface area contributed by atoms with Crippen molar-refractivity contribution in [3.63, 3.8) is 0 Å². The zero-order valence-electron chi connectivity index (χ0n) is 11.8. The van der Waals surface area contributed by atoms with Gasteiger partial charge >= 0.3 is 0 Å². The van der Waals surface area contributed by atoms with Crippen molar-refractivity contribution in [2.24, 2.45) is 0 Å². The van der Waals surface area contributed by atoms with Crippen LogP contribution < -0.4 is 4.74 Å². The maximum Gasteiger partial charge on any atom is 0.178 e. The molecule has 0 aliphatic heterocycles. The lowest BCUT2D eigenvalue weighted by atomic mass is 10.3. The van der Waals surface area contributed by atoms with Gasteiger partial charge in [0.1, 0.15) is 11.3 Å². The number of aryl methyl sites for hydroxylation is 2. The van der Waals surface area contributed by atoms with E-state index in [1.165, 1.54) is 0 Å². The molecule has 0 atom stereocenters. The van der Waals surface area contributed by atoms with E-state index in [2.05, 4.69) is 26.8 Å². The van der Waals surface area contributed by atoms with E-state index in [-0.39, 0.29) is 0 Å². The second-order valence-electron chi connectivity index (χ2n) is 4.75. The summed E-state index contributed by atoms with van der Waals surface area (Å²) in [5.41, 5.74) is 2.00. The number of para-hydroxylation sites is 1. The Morgan fingerprint density at radius 3 is 3.00 bits per heavy atom. The van der Waals surface area contributed by atoms with Gasteiger partial charge in [-0.25, -0.2) is 0 Å². The Bertz CT molecular complexity index is 774. The number of rotatable bonds is 6. The van der Waals surface area contributed by atoms with Gasteiger partial charge in [0.25, 0.3) is 0 Å². The standard InChI is InChI=1S/C14H17N5OS/c1-2-10-20-12-5-3-4-11-13(12)16-14(21)19(11)9-8-18-7-6-15-17-18/h3-7H,2,8-10H2,1H3,(H,16,21). The van der Waals surface area contributed by atoms with Crippen LogP contribution in [0.15, 0.2) is 30.6 Å². The van der Waals surface area contributed by atoms with Crippen LogP contribution in [0.3, 0.4) is 0 Å². The molecule has 3 rings (SSSR count). The fourth-order valence-electron chi connectivity index (χ4n) is 2.26. The molecule has 0 unspecified atom stereocenters. The molecule has 0 amide bonds. The Balaban J connectivity index is 1.91. The average molecular weight is 303 g/mol. The first kappa shape index (κ1) is 13.8. The second kappa shape index (κ2) is 6.09. The summed E-state index contributed by atoms with van der Waals surface area (Å²) in [5, 5.41) is 7.77. The number of aromatic amines is 1. The maximum absolute atomic E-state index is 5.77. The Morgan fingerprint density at radius 2 is 2.24 bits per heavy atom. The Morgan fingerprint density at radius 1 is 1.33 bits per heavy atom. The number of benzene rings is 1. The lowest BCUT2D eigenvalue weighted by Crippen LogP contribution is -2.08. The van der Waals surface area contributed by atoms with Crippen LogP contribution in [0.2, 0.25) is 0 Å². The smallest absolute Gasteiger partial charge is 0.178 e. The predicted octanol–water partition coefficient (Wildman–Crippen LogP) is 2.78. The van der Waals surface area contributed by atoms with Crippen molar-refractivity contribution in [1.29, 1.82) is 0 Å². The number of aromatic nitrogens is 5. The van der Waals surface area contributed by atoms with Gasteiger partial charge in [-0.05, 0) is 30.8 Å². The molecule has 0 saturated heterocycles. The molecule has 6 nitrogen and oxygen atoms in total. The van der Waals surface area contributed by atoms with Gasteiger partial charge in [0.15, 0.2) is 4.77 Å². The largest absolute Gasteiger partial charge is 0.491 e. The summed E-state index contributed by atoms with van der Waals surface area (Å²) in [6.07, 6.45) is 4.49. The molecule has 110 valence electrons. The summed E-state index contributed by atoms with van der Waals surface area (Å²) in [4.78, 5) is 3.24. The highest BCUT2D eigenvalue weighted by Crippen LogP contribution is 2.25. The monoisotopic (exact) mass is 303 g/mol. The number of nitrogens with one attached hydrogen (secondary N) is 1. The highest BCUT2D eigenvalue weighted by molar-refractivity contribution is 7.71. The number of ether oxygens (including phenoxy) is 1. The first-order chi connectivity index (χ1) is 10.3. The summed E-state index contributed by atoms with van der Waals surface area (Å²) in [6.45, 7) is 4.25. The van der Waals surface area contributed by atoms with Gasteiger partial charge in [-0.1, -0.05) is 18.2 Å². The minimum absolute atomic E-state index is 0.692. The summed E-state index contributed by atoms with van der Waals surface area (Å²) < 4.78 is 10.3. The minimum Gasteiger partial charge on any atom is -0.491 e. The van der Waals surface area contributed by atoms with E-state index < -0.39 is 0 Å². The molecule has 0 aliphatic rings. The third-order valence-corrected chi connectivity index (χ3v) is 3.58. The molecular weight excluding hydrogens is 286 g/mol. The summed E-state index contributed by atoms with van der Waals surface area (Å²) in [7, 11) is 0. The Hall–Kier alpha value is -2.15. The fourth-order valence-corrected chi connectivity index (χ4v) is 2.55. The molecule has 1 N–H and O–H groups in total. The molecule has 0 fully saturated rings. The van der Waals surface area contributed by atoms with Crippen LogP contribution in [0.5, 0.6) is 5.75 Å². The zero-order chi connectivity index (χ0) is 14.7. The van der Waals surface area contributed by atoms with E-state index in [9.17, 15) is 0 Å². The van der Waals surface area contributed by atoms with Gasteiger partial charge in [0.05, 0.1) is 24.9 Å². The first-order valence-electron chi connectivity index (χ1n) is 6.98. The van der Waals surface area contributed by atoms with Crippen LogP contribution in [0.25, 0.3) is 11.0 Å². The molecule has 3 aromatic rings. The van der Waals surface area contributed by atoms with Crippen molar-refractivity contribution >= 4 is 23.3 Å². The van der Waals surface area contributed by atoms with E-state index in [0.717, 1.165) is 36.3 Å². The fraction of sp³-hybridized carbons (Fsp3) is 0.357. The van der Waals surface area contributed by atoms with Crippen molar-refractivity contribution in [2.75, 3.05) is 6.61 Å². The van der Waals surface area contributed by atoms with Crippen LogP contribution in [-0.4, -0.2) is 31.2 Å². The van der Waals surface area contributed by atoms with Gasteiger partial charge in [-0.15, -0.1) is 5.10 Å². The third kappa shape index (κ3) is 2.82. The average Bonchev–Trinajstić information content (AvgIpc) is 3.10. The first-order valence-corrected chi connectivity index (χ1v) is 7.39. The Labute approximate surface area is 127 Å². The molecule has 7 heteroatoms. The van der Waals surface area contributed by atoms with Gasteiger partial charge in [0.2, 0.25) is 0 Å². The predicted molar refractivity (Wildman–Crippen MR) is 82.9 cm³/mol. The number of hydrogen-bond donors (Lipinski definition) is 1. The lowest BCUT2D eigenvalue weighted by molar-refractivity contribution is 0.320. The van der Waals surface area contributed by atoms with Gasteiger partial charge in [-0.2, -0.15) is 0 Å². The normalized spacial score (nSPS) is 11.1. The number of hydrogen-bond acceptors (Lipinski definition) is 4. The van der Waals surface area contributed by atoms with E-state index in [1.807, 2.05) is 24.4 Å². The molecule has 2 aromatic heterocycles. The van der Waals surface area contributed by atoms with E-state index in [1.54, 1.807) is 10.9 Å². The topological polar surface area (TPSA) is 60.7 Å². The van der Waals surface area contributed by atoms with Crippen molar-refractivity contribution in [3.05, 3.63) is 35.4 Å². The molecule has 2 heterocycles. The quantitative estimate of drug-likeness (QED) is 0.711. The van der Waals surface area contributed by atoms with Crippen molar-refractivity contribution in [2.45, 2.75) is 26.4 Å². The maximum atomic E-state index is 5.77. The number of fused-ring (bicyclic) bond motifs is 1. The third-order valence-electron chi connectivity index (χ3n) is 3.26. The number of H-pyrrole nitrogens is 1. The highest BCUT2D eigenvalue weighted by atomic mass is 32.1. The van der Waals surface area contributed by atoms with Gasteiger partial charge < -0.3 is 14.3 Å². The molecular formula is C14H17N5OS. The van der Waals surface area contributed by atoms with E-state index >= 15 is 0 Å². The highest BCUT2D eigenvalue weighted by Gasteiger charge is 2.09. The Kier molecular flexibility index (Phi) is 4.01. The van der Waals surface area contributed by atoms with Gasteiger partial charge in [-0.3, -0.25) is 4.68 Å². The molecule has 21 heavy (non-hydrogen) atoms. The lowest BCUT2D eigenvalue weighted by Gasteiger charge is -2.07. The van der Waals surface area contributed by atoms with Crippen molar-refractivity contribution in [3.8, 4) is 5.75 Å². The molecule has 0 saturated carbocycles. The van der Waals surface area contributed by atoms with Crippen LogP contribution in [0, 0.1) is 4.77 Å². The van der Waals surface area contributed by atoms with Crippen LogP contribution in [0.4, 0.5) is 0 Å². The van der Waals surface area contributed by atoms with Crippen LogP contribution in [0.1, 0.15) is 13.3 Å². The van der Waals surface area contributed by atoms with E-state index in [0.29, 0.717) is 11.4 Å². The van der Waals surface area contributed by atoms with Crippen LogP contribution >= 0.6 is 12.2 Å². The molecule has 0 spiro atoms. The molecule has 0 aliphatic carbocycles. The van der Waals surface area contributed by atoms with E-state index in [4.69, 9.17) is 17.0 Å². The van der Waals surface area contributed by atoms with Crippen LogP contribution in [-0.2, 0) is 13.1 Å².